The first-order chi connectivity index (χ1) is 14.9. The lowest BCUT2D eigenvalue weighted by Gasteiger charge is -2.11. The van der Waals surface area contributed by atoms with E-state index >= 15 is 0 Å². The van der Waals surface area contributed by atoms with Gasteiger partial charge in [0.1, 0.15) is 11.4 Å². The van der Waals surface area contributed by atoms with Gasteiger partial charge in [0.05, 0.1) is 42.7 Å². The maximum Gasteiger partial charge on any atom is 0.338 e. The minimum absolute atomic E-state index is 0.0225. The molecule has 0 N–H and O–H groups in total. The second-order valence-electron chi connectivity index (χ2n) is 8.14. The summed E-state index contributed by atoms with van der Waals surface area (Å²) in [7, 11) is -0.169. The quantitative estimate of drug-likeness (QED) is 0.561. The number of hydrogen-bond acceptors (Lipinski definition) is 7. The third kappa shape index (κ3) is 3.56. The Morgan fingerprint density at radius 2 is 1.87 bits per heavy atom. The Balaban J connectivity index is 1.77. The number of nitrogens with zero attached hydrogens (tertiary/aromatic N) is 3. The molecule has 2 aliphatic rings. The number of hydrogen-bond donors (Lipinski definition) is 0. The fourth-order valence-electron chi connectivity index (χ4n) is 4.19. The standard InChI is InChI=1S/C22H23N3O5S/c1-29-16-7-5-14(6-8-16)20-19-17(22(26)30-2)11-18(13-3-4-13)23-21(19)25(24-20)15-9-10-31(27,28)12-15/h5-8,11,13,15H,3-4,9-10,12H2,1-2H3/t15-/m1/s1. The van der Waals surface area contributed by atoms with Crippen molar-refractivity contribution in [3.8, 4) is 17.0 Å². The number of sulfone groups is 1. The SMILES string of the molecule is COC(=O)c1cc(C2CC2)nc2c1c(-c1ccc(OC)cc1)nn2[C@@H]1CCS(=O)(=O)C1. The summed E-state index contributed by atoms with van der Waals surface area (Å²) in [4.78, 5) is 17.6. The topological polar surface area (TPSA) is 100 Å². The summed E-state index contributed by atoms with van der Waals surface area (Å²) in [5.74, 6) is 0.713. The van der Waals surface area contributed by atoms with E-state index in [1.165, 1.54) is 7.11 Å². The number of aromatic nitrogens is 3. The van der Waals surface area contributed by atoms with Gasteiger partial charge >= 0.3 is 5.97 Å². The predicted octanol–water partition coefficient (Wildman–Crippen LogP) is 3.13. The number of pyridine rings is 1. The molecule has 1 saturated heterocycles. The number of benzene rings is 1. The number of ether oxygens (including phenoxy) is 2. The van der Waals surface area contributed by atoms with Crippen molar-refractivity contribution in [3.63, 3.8) is 0 Å². The lowest BCUT2D eigenvalue weighted by molar-refractivity contribution is 0.0602. The first-order valence-corrected chi connectivity index (χ1v) is 12.1. The molecule has 1 aliphatic heterocycles. The van der Waals surface area contributed by atoms with Crippen LogP contribution in [0, 0.1) is 0 Å². The third-order valence-corrected chi connectivity index (χ3v) is 7.75. The molecule has 1 atom stereocenters. The highest BCUT2D eigenvalue weighted by Gasteiger charge is 2.34. The van der Waals surface area contributed by atoms with E-state index in [-0.39, 0.29) is 17.5 Å². The van der Waals surface area contributed by atoms with Gasteiger partial charge in [-0.15, -0.1) is 0 Å². The molecule has 0 bridgehead atoms. The van der Waals surface area contributed by atoms with Gasteiger partial charge in [0.2, 0.25) is 0 Å². The van der Waals surface area contributed by atoms with Crippen molar-refractivity contribution in [1.82, 2.24) is 14.8 Å². The largest absolute Gasteiger partial charge is 0.497 e. The minimum atomic E-state index is -3.12. The first kappa shape index (κ1) is 20.0. The molecule has 5 rings (SSSR count). The Labute approximate surface area is 180 Å². The smallest absolute Gasteiger partial charge is 0.338 e. The number of rotatable bonds is 5. The fraction of sp³-hybridized carbons (Fsp3) is 0.409. The molecule has 0 spiro atoms. The van der Waals surface area contributed by atoms with Gasteiger partial charge in [-0.1, -0.05) is 0 Å². The lowest BCUT2D eigenvalue weighted by Crippen LogP contribution is -2.13. The van der Waals surface area contributed by atoms with Gasteiger partial charge in [-0.25, -0.2) is 22.9 Å². The zero-order valence-electron chi connectivity index (χ0n) is 17.4. The first-order valence-electron chi connectivity index (χ1n) is 10.3. The zero-order chi connectivity index (χ0) is 21.8. The van der Waals surface area contributed by atoms with Crippen LogP contribution in [0.5, 0.6) is 5.75 Å². The molecule has 2 aromatic heterocycles. The van der Waals surface area contributed by atoms with E-state index < -0.39 is 15.8 Å². The highest BCUT2D eigenvalue weighted by molar-refractivity contribution is 7.91. The summed E-state index contributed by atoms with van der Waals surface area (Å²) < 4.78 is 36.3. The Bertz CT molecular complexity index is 1280. The summed E-state index contributed by atoms with van der Waals surface area (Å²) in [5, 5.41) is 5.39. The summed E-state index contributed by atoms with van der Waals surface area (Å²) in [5.41, 5.74) is 3.15. The van der Waals surface area contributed by atoms with Gasteiger partial charge in [-0.2, -0.15) is 5.10 Å². The third-order valence-electron chi connectivity index (χ3n) is 6.00. The fourth-order valence-corrected chi connectivity index (χ4v) is 5.88. The van der Waals surface area contributed by atoms with Crippen molar-refractivity contribution in [1.29, 1.82) is 0 Å². The second-order valence-corrected chi connectivity index (χ2v) is 10.4. The highest BCUT2D eigenvalue weighted by Crippen LogP contribution is 2.42. The van der Waals surface area contributed by atoms with Gasteiger partial charge in [0, 0.05) is 17.2 Å². The molecule has 0 unspecified atom stereocenters. The molecular formula is C22H23N3O5S. The Morgan fingerprint density at radius 3 is 2.45 bits per heavy atom. The van der Waals surface area contributed by atoms with Gasteiger partial charge in [0.15, 0.2) is 15.5 Å². The average molecular weight is 442 g/mol. The van der Waals surface area contributed by atoms with E-state index in [0.717, 1.165) is 24.1 Å². The van der Waals surface area contributed by atoms with E-state index in [4.69, 9.17) is 19.6 Å². The molecule has 1 aliphatic carbocycles. The van der Waals surface area contributed by atoms with Crippen molar-refractivity contribution in [2.24, 2.45) is 0 Å². The number of fused-ring (bicyclic) bond motifs is 1. The molecule has 31 heavy (non-hydrogen) atoms. The van der Waals surface area contributed by atoms with Gasteiger partial charge in [0.25, 0.3) is 0 Å². The van der Waals surface area contributed by atoms with Crippen LogP contribution >= 0.6 is 0 Å². The average Bonchev–Trinajstić information content (AvgIpc) is 3.47. The number of carbonyl (C=O) groups excluding carboxylic acids is 1. The lowest BCUT2D eigenvalue weighted by atomic mass is 10.0. The predicted molar refractivity (Wildman–Crippen MR) is 115 cm³/mol. The monoisotopic (exact) mass is 441 g/mol. The maximum atomic E-state index is 12.7. The molecule has 2 fully saturated rings. The Hall–Kier alpha value is -2.94. The molecule has 9 heteroatoms. The number of esters is 1. The summed E-state index contributed by atoms with van der Waals surface area (Å²) in [6.45, 7) is 0. The molecule has 3 aromatic rings. The second kappa shape index (κ2) is 7.33. The van der Waals surface area contributed by atoms with Crippen molar-refractivity contribution in [3.05, 3.63) is 41.6 Å². The van der Waals surface area contributed by atoms with Crippen LogP contribution in [0.25, 0.3) is 22.3 Å². The van der Waals surface area contributed by atoms with Crippen LogP contribution in [0.3, 0.4) is 0 Å². The molecule has 1 aromatic carbocycles. The molecule has 0 radical (unpaired) electrons. The molecule has 3 heterocycles. The van der Waals surface area contributed by atoms with Gasteiger partial charge in [-0.3, -0.25) is 0 Å². The van der Waals surface area contributed by atoms with Crippen molar-refractivity contribution in [2.45, 2.75) is 31.2 Å². The van der Waals surface area contributed by atoms with Crippen LogP contribution in [-0.4, -0.2) is 54.9 Å². The summed E-state index contributed by atoms with van der Waals surface area (Å²) in [6, 6.07) is 8.87. The van der Waals surface area contributed by atoms with Crippen LogP contribution in [0.15, 0.2) is 30.3 Å². The van der Waals surface area contributed by atoms with Crippen LogP contribution in [0.4, 0.5) is 0 Å². The highest BCUT2D eigenvalue weighted by atomic mass is 32.2. The van der Waals surface area contributed by atoms with E-state index in [1.54, 1.807) is 17.9 Å². The number of methoxy groups -OCH3 is 2. The summed E-state index contributed by atoms with van der Waals surface area (Å²) in [6.07, 6.45) is 2.52. The summed E-state index contributed by atoms with van der Waals surface area (Å²) >= 11 is 0. The van der Waals surface area contributed by atoms with E-state index in [2.05, 4.69) is 0 Å². The zero-order valence-corrected chi connectivity index (χ0v) is 18.2. The van der Waals surface area contributed by atoms with Gasteiger partial charge in [-0.05, 0) is 49.6 Å². The van der Waals surface area contributed by atoms with Crippen molar-refractivity contribution >= 4 is 26.8 Å². The molecule has 0 amide bonds. The van der Waals surface area contributed by atoms with Crippen LogP contribution in [0.1, 0.15) is 47.3 Å². The Kier molecular flexibility index (Phi) is 4.73. The van der Waals surface area contributed by atoms with Crippen LogP contribution in [0.2, 0.25) is 0 Å². The molecule has 8 nitrogen and oxygen atoms in total. The van der Waals surface area contributed by atoms with E-state index in [9.17, 15) is 13.2 Å². The number of carbonyl (C=O) groups is 1. The van der Waals surface area contributed by atoms with Crippen molar-refractivity contribution in [2.75, 3.05) is 25.7 Å². The molecular weight excluding hydrogens is 418 g/mol. The van der Waals surface area contributed by atoms with Crippen LogP contribution in [-0.2, 0) is 14.6 Å². The normalized spacial score (nSPS) is 20.1. The van der Waals surface area contributed by atoms with E-state index in [0.29, 0.717) is 40.4 Å². The van der Waals surface area contributed by atoms with Crippen LogP contribution < -0.4 is 4.74 Å². The maximum absolute atomic E-state index is 12.7. The van der Waals surface area contributed by atoms with Gasteiger partial charge < -0.3 is 9.47 Å². The van der Waals surface area contributed by atoms with E-state index in [1.807, 2.05) is 24.3 Å². The van der Waals surface area contributed by atoms with Crippen molar-refractivity contribution < 1.29 is 22.7 Å². The Morgan fingerprint density at radius 1 is 1.13 bits per heavy atom. The molecule has 1 saturated carbocycles. The minimum Gasteiger partial charge on any atom is -0.497 e. The molecule has 162 valence electrons.